The highest BCUT2D eigenvalue weighted by atomic mass is 79.9. The van der Waals surface area contributed by atoms with Crippen LogP contribution in [-0.2, 0) is 6.54 Å². The number of benzene rings is 2. The quantitative estimate of drug-likeness (QED) is 0.657. The maximum atomic E-state index is 10.9. The second-order valence-electron chi connectivity index (χ2n) is 4.64. The van der Waals surface area contributed by atoms with E-state index in [9.17, 15) is 10.1 Å². The molecule has 2 rings (SSSR count). The van der Waals surface area contributed by atoms with Gasteiger partial charge in [-0.3, -0.25) is 10.1 Å². The van der Waals surface area contributed by atoms with E-state index in [1.807, 2.05) is 31.2 Å². The molecule has 4 nitrogen and oxygen atoms in total. The molecule has 0 aromatic heterocycles. The van der Waals surface area contributed by atoms with Crippen molar-refractivity contribution in [3.05, 3.63) is 67.7 Å². The van der Waals surface area contributed by atoms with Crippen molar-refractivity contribution in [1.82, 2.24) is 0 Å². The van der Waals surface area contributed by atoms with E-state index in [0.29, 0.717) is 12.1 Å². The first kappa shape index (κ1) is 14.5. The van der Waals surface area contributed by atoms with Gasteiger partial charge in [0.15, 0.2) is 0 Å². The predicted molar refractivity (Wildman–Crippen MR) is 84.0 cm³/mol. The average molecular weight is 335 g/mol. The van der Waals surface area contributed by atoms with Gasteiger partial charge in [-0.25, -0.2) is 0 Å². The standard InChI is InChI=1S/C15H15BrN2O2/c1-10-6-7-12(8-15(10)18(19)20)9-17-14-5-3-4-13(16)11(14)2/h3-8,17H,9H2,1-2H3. The average Bonchev–Trinajstić information content (AvgIpc) is 2.41. The van der Waals surface area contributed by atoms with Crippen LogP contribution in [0.3, 0.4) is 0 Å². The lowest BCUT2D eigenvalue weighted by Crippen LogP contribution is -2.02. The molecule has 0 spiro atoms. The first-order chi connectivity index (χ1) is 9.49. The van der Waals surface area contributed by atoms with Crippen LogP contribution in [0, 0.1) is 24.0 Å². The summed E-state index contributed by atoms with van der Waals surface area (Å²) in [6.45, 7) is 4.32. The van der Waals surface area contributed by atoms with E-state index in [1.165, 1.54) is 0 Å². The smallest absolute Gasteiger partial charge is 0.272 e. The van der Waals surface area contributed by atoms with Crippen molar-refractivity contribution < 1.29 is 4.92 Å². The third-order valence-corrected chi connectivity index (χ3v) is 4.08. The molecule has 0 unspecified atom stereocenters. The van der Waals surface area contributed by atoms with Crippen LogP contribution in [0.15, 0.2) is 40.9 Å². The van der Waals surface area contributed by atoms with E-state index in [2.05, 4.69) is 21.2 Å². The highest BCUT2D eigenvalue weighted by Crippen LogP contribution is 2.25. The van der Waals surface area contributed by atoms with Crippen LogP contribution in [0.5, 0.6) is 0 Å². The fourth-order valence-corrected chi connectivity index (χ4v) is 2.32. The number of rotatable bonds is 4. The molecule has 5 heteroatoms. The minimum absolute atomic E-state index is 0.162. The second kappa shape index (κ2) is 6.05. The first-order valence-electron chi connectivity index (χ1n) is 6.22. The van der Waals surface area contributed by atoms with Gasteiger partial charge in [0.05, 0.1) is 4.92 Å². The molecule has 0 atom stereocenters. The van der Waals surface area contributed by atoms with E-state index in [-0.39, 0.29) is 10.6 Å². The summed E-state index contributed by atoms with van der Waals surface area (Å²) >= 11 is 3.48. The fourth-order valence-electron chi connectivity index (χ4n) is 1.96. The van der Waals surface area contributed by atoms with Crippen LogP contribution in [-0.4, -0.2) is 4.92 Å². The van der Waals surface area contributed by atoms with Gasteiger partial charge < -0.3 is 5.32 Å². The molecule has 0 bridgehead atoms. The molecule has 0 aliphatic carbocycles. The van der Waals surface area contributed by atoms with Gasteiger partial charge in [0.2, 0.25) is 0 Å². The Morgan fingerprint density at radius 1 is 1.25 bits per heavy atom. The molecule has 1 N–H and O–H groups in total. The van der Waals surface area contributed by atoms with E-state index in [0.717, 1.165) is 21.3 Å². The maximum absolute atomic E-state index is 10.9. The Morgan fingerprint density at radius 3 is 2.70 bits per heavy atom. The van der Waals surface area contributed by atoms with Crippen molar-refractivity contribution in [2.75, 3.05) is 5.32 Å². The molecule has 0 saturated carbocycles. The van der Waals surface area contributed by atoms with Gasteiger partial charge in [0.1, 0.15) is 0 Å². The number of nitrogens with zero attached hydrogens (tertiary/aromatic N) is 1. The van der Waals surface area contributed by atoms with Gasteiger partial charge in [0, 0.05) is 28.3 Å². The van der Waals surface area contributed by atoms with Crippen molar-refractivity contribution in [3.8, 4) is 0 Å². The normalized spacial score (nSPS) is 10.3. The van der Waals surface area contributed by atoms with Gasteiger partial charge in [-0.2, -0.15) is 0 Å². The molecule has 0 aliphatic heterocycles. The monoisotopic (exact) mass is 334 g/mol. The largest absolute Gasteiger partial charge is 0.381 e. The van der Waals surface area contributed by atoms with Crippen molar-refractivity contribution in [2.24, 2.45) is 0 Å². The van der Waals surface area contributed by atoms with E-state index < -0.39 is 0 Å². The molecule has 0 heterocycles. The molecular weight excluding hydrogens is 320 g/mol. The van der Waals surface area contributed by atoms with Gasteiger partial charge in [0.25, 0.3) is 5.69 Å². The van der Waals surface area contributed by atoms with Crippen LogP contribution in [0.2, 0.25) is 0 Å². The van der Waals surface area contributed by atoms with E-state index >= 15 is 0 Å². The highest BCUT2D eigenvalue weighted by Gasteiger charge is 2.11. The zero-order chi connectivity index (χ0) is 14.7. The Hall–Kier alpha value is -1.88. The number of hydrogen-bond donors (Lipinski definition) is 1. The molecule has 104 valence electrons. The SMILES string of the molecule is Cc1ccc(CNc2cccc(Br)c2C)cc1[N+](=O)[O-]. The lowest BCUT2D eigenvalue weighted by molar-refractivity contribution is -0.385. The highest BCUT2D eigenvalue weighted by molar-refractivity contribution is 9.10. The lowest BCUT2D eigenvalue weighted by Gasteiger charge is -2.11. The molecule has 0 aliphatic rings. The summed E-state index contributed by atoms with van der Waals surface area (Å²) in [7, 11) is 0. The Kier molecular flexibility index (Phi) is 4.39. The lowest BCUT2D eigenvalue weighted by atomic mass is 10.1. The Morgan fingerprint density at radius 2 is 2.00 bits per heavy atom. The van der Waals surface area contributed by atoms with E-state index in [4.69, 9.17) is 0 Å². The summed E-state index contributed by atoms with van der Waals surface area (Å²) in [6, 6.07) is 11.2. The molecule has 0 fully saturated rings. The van der Waals surface area contributed by atoms with E-state index in [1.54, 1.807) is 19.1 Å². The molecule has 0 saturated heterocycles. The molecular formula is C15H15BrN2O2. The number of nitro benzene ring substituents is 1. The number of nitrogens with one attached hydrogen (secondary N) is 1. The van der Waals surface area contributed by atoms with Crippen LogP contribution in [0.4, 0.5) is 11.4 Å². The van der Waals surface area contributed by atoms with Crippen LogP contribution in [0.25, 0.3) is 0 Å². The van der Waals surface area contributed by atoms with Crippen molar-refractivity contribution >= 4 is 27.3 Å². The van der Waals surface area contributed by atoms with Gasteiger partial charge >= 0.3 is 0 Å². The summed E-state index contributed by atoms with van der Waals surface area (Å²) in [5, 5.41) is 14.2. The second-order valence-corrected chi connectivity index (χ2v) is 5.50. The Balaban J connectivity index is 2.17. The summed E-state index contributed by atoms with van der Waals surface area (Å²) in [6.07, 6.45) is 0. The van der Waals surface area contributed by atoms with Crippen LogP contribution >= 0.6 is 15.9 Å². The molecule has 20 heavy (non-hydrogen) atoms. The number of hydrogen-bond acceptors (Lipinski definition) is 3. The third-order valence-electron chi connectivity index (χ3n) is 3.22. The molecule has 0 radical (unpaired) electrons. The molecule has 2 aromatic rings. The summed E-state index contributed by atoms with van der Waals surface area (Å²) in [4.78, 5) is 10.6. The summed E-state index contributed by atoms with van der Waals surface area (Å²) < 4.78 is 1.04. The van der Waals surface area contributed by atoms with Gasteiger partial charge in [-0.15, -0.1) is 0 Å². The minimum Gasteiger partial charge on any atom is -0.381 e. The number of anilines is 1. The zero-order valence-electron chi connectivity index (χ0n) is 11.3. The number of aryl methyl sites for hydroxylation is 1. The maximum Gasteiger partial charge on any atom is 0.272 e. The Bertz CT molecular complexity index is 656. The summed E-state index contributed by atoms with van der Waals surface area (Å²) in [5.41, 5.74) is 3.87. The van der Waals surface area contributed by atoms with Crippen molar-refractivity contribution in [1.29, 1.82) is 0 Å². The van der Waals surface area contributed by atoms with Crippen LogP contribution in [0.1, 0.15) is 16.7 Å². The van der Waals surface area contributed by atoms with Gasteiger partial charge in [-0.05, 0) is 37.1 Å². The van der Waals surface area contributed by atoms with Crippen molar-refractivity contribution in [2.45, 2.75) is 20.4 Å². The van der Waals surface area contributed by atoms with Crippen molar-refractivity contribution in [3.63, 3.8) is 0 Å². The first-order valence-corrected chi connectivity index (χ1v) is 7.01. The molecule has 2 aromatic carbocycles. The fraction of sp³-hybridized carbons (Fsp3) is 0.200. The number of halogens is 1. The zero-order valence-corrected chi connectivity index (χ0v) is 12.9. The van der Waals surface area contributed by atoms with Gasteiger partial charge in [-0.1, -0.05) is 34.1 Å². The Labute approximate surface area is 126 Å². The summed E-state index contributed by atoms with van der Waals surface area (Å²) in [5.74, 6) is 0. The predicted octanol–water partition coefficient (Wildman–Crippen LogP) is 4.59. The number of nitro groups is 1. The van der Waals surface area contributed by atoms with Crippen LogP contribution < -0.4 is 5.32 Å². The molecule has 0 amide bonds. The third kappa shape index (κ3) is 3.17. The topological polar surface area (TPSA) is 55.2 Å². The minimum atomic E-state index is -0.344.